The average Bonchev–Trinajstić information content (AvgIpc) is 2.39. The number of ether oxygens (including phenoxy) is 1. The highest BCUT2D eigenvalue weighted by atomic mass is 16.5. The lowest BCUT2D eigenvalue weighted by Gasteiger charge is -2.32. The number of nitrogens with zero attached hydrogens (tertiary/aromatic N) is 2. The fourth-order valence-electron chi connectivity index (χ4n) is 2.09. The highest BCUT2D eigenvalue weighted by Gasteiger charge is 2.20. The van der Waals surface area contributed by atoms with Crippen molar-refractivity contribution < 1.29 is 19.4 Å². The molecular formula is C13H24N2O4. The minimum absolute atomic E-state index is 0.0702. The second-order valence-corrected chi connectivity index (χ2v) is 4.92. The van der Waals surface area contributed by atoms with E-state index in [1.807, 2.05) is 11.8 Å². The fourth-order valence-corrected chi connectivity index (χ4v) is 2.09. The zero-order valence-electron chi connectivity index (χ0n) is 11.8. The van der Waals surface area contributed by atoms with E-state index >= 15 is 0 Å². The molecule has 0 radical (unpaired) electrons. The van der Waals surface area contributed by atoms with Crippen LogP contribution in [0.2, 0.25) is 0 Å². The smallest absolute Gasteiger partial charge is 0.304 e. The molecule has 1 atom stereocenters. The van der Waals surface area contributed by atoms with E-state index < -0.39 is 5.97 Å². The number of ketones is 1. The summed E-state index contributed by atoms with van der Waals surface area (Å²) in [5.74, 6) is -0.750. The molecule has 0 aliphatic carbocycles. The van der Waals surface area contributed by atoms with Crippen LogP contribution in [-0.2, 0) is 14.3 Å². The zero-order chi connectivity index (χ0) is 14.3. The minimum atomic E-state index is -0.827. The third kappa shape index (κ3) is 6.13. The SMILES string of the molecule is CC(=O)C(C)N(CCC(=O)O)CCN1CCOCC1. The van der Waals surface area contributed by atoms with E-state index in [1.54, 1.807) is 6.92 Å². The number of hydrogen-bond acceptors (Lipinski definition) is 5. The normalized spacial score (nSPS) is 18.5. The molecule has 1 aliphatic rings. The maximum absolute atomic E-state index is 11.5. The van der Waals surface area contributed by atoms with Gasteiger partial charge in [-0.1, -0.05) is 0 Å². The number of carboxylic acids is 1. The summed E-state index contributed by atoms with van der Waals surface area (Å²) in [7, 11) is 0. The largest absolute Gasteiger partial charge is 0.481 e. The van der Waals surface area contributed by atoms with Gasteiger partial charge in [-0.3, -0.25) is 19.4 Å². The van der Waals surface area contributed by atoms with Crippen molar-refractivity contribution in [2.45, 2.75) is 26.3 Å². The molecule has 1 saturated heterocycles. The van der Waals surface area contributed by atoms with Crippen molar-refractivity contribution in [3.63, 3.8) is 0 Å². The van der Waals surface area contributed by atoms with Crippen molar-refractivity contribution >= 4 is 11.8 Å². The summed E-state index contributed by atoms with van der Waals surface area (Å²) in [5, 5.41) is 8.76. The molecule has 1 rings (SSSR count). The van der Waals surface area contributed by atoms with E-state index in [-0.39, 0.29) is 18.2 Å². The van der Waals surface area contributed by atoms with Crippen molar-refractivity contribution in [3.05, 3.63) is 0 Å². The molecule has 1 N–H and O–H groups in total. The van der Waals surface area contributed by atoms with Crippen molar-refractivity contribution in [2.24, 2.45) is 0 Å². The lowest BCUT2D eigenvalue weighted by Crippen LogP contribution is -2.46. The van der Waals surface area contributed by atoms with Gasteiger partial charge in [0.15, 0.2) is 0 Å². The molecule has 0 spiro atoms. The van der Waals surface area contributed by atoms with Crippen LogP contribution in [0.5, 0.6) is 0 Å². The Balaban J connectivity index is 2.42. The van der Waals surface area contributed by atoms with Crippen molar-refractivity contribution in [1.29, 1.82) is 0 Å². The van der Waals surface area contributed by atoms with E-state index in [2.05, 4.69) is 4.90 Å². The molecule has 0 saturated carbocycles. The molecule has 0 amide bonds. The predicted molar refractivity (Wildman–Crippen MR) is 71.2 cm³/mol. The first-order valence-electron chi connectivity index (χ1n) is 6.77. The van der Waals surface area contributed by atoms with Crippen LogP contribution in [0, 0.1) is 0 Å². The van der Waals surface area contributed by atoms with Crippen molar-refractivity contribution in [2.75, 3.05) is 45.9 Å². The Kier molecular flexibility index (Phi) is 6.97. The van der Waals surface area contributed by atoms with E-state index in [0.717, 1.165) is 32.8 Å². The summed E-state index contributed by atoms with van der Waals surface area (Å²) < 4.78 is 5.28. The highest BCUT2D eigenvalue weighted by molar-refractivity contribution is 5.81. The van der Waals surface area contributed by atoms with E-state index in [1.165, 1.54) is 0 Å². The molecule has 110 valence electrons. The van der Waals surface area contributed by atoms with Gasteiger partial charge in [0.1, 0.15) is 5.78 Å². The lowest BCUT2D eigenvalue weighted by atomic mass is 10.2. The summed E-state index contributed by atoms with van der Waals surface area (Å²) in [4.78, 5) is 26.4. The van der Waals surface area contributed by atoms with Crippen LogP contribution >= 0.6 is 0 Å². The molecule has 1 fully saturated rings. The molecule has 19 heavy (non-hydrogen) atoms. The lowest BCUT2D eigenvalue weighted by molar-refractivity contribution is -0.138. The molecule has 0 bridgehead atoms. The van der Waals surface area contributed by atoms with Gasteiger partial charge < -0.3 is 9.84 Å². The Morgan fingerprint density at radius 1 is 1.32 bits per heavy atom. The number of morpholine rings is 1. The molecule has 0 aromatic carbocycles. The van der Waals surface area contributed by atoms with E-state index in [0.29, 0.717) is 13.1 Å². The minimum Gasteiger partial charge on any atom is -0.481 e. The maximum Gasteiger partial charge on any atom is 0.304 e. The zero-order valence-corrected chi connectivity index (χ0v) is 11.8. The first-order chi connectivity index (χ1) is 9.00. The maximum atomic E-state index is 11.5. The molecule has 0 aromatic heterocycles. The van der Waals surface area contributed by atoms with Crippen LogP contribution in [-0.4, -0.2) is 78.6 Å². The van der Waals surface area contributed by atoms with Crippen molar-refractivity contribution in [3.8, 4) is 0 Å². The Labute approximate surface area is 114 Å². The van der Waals surface area contributed by atoms with Gasteiger partial charge in [-0.2, -0.15) is 0 Å². The van der Waals surface area contributed by atoms with E-state index in [9.17, 15) is 9.59 Å². The average molecular weight is 272 g/mol. The van der Waals surface area contributed by atoms with Crippen LogP contribution in [0.4, 0.5) is 0 Å². The van der Waals surface area contributed by atoms with Gasteiger partial charge >= 0.3 is 5.97 Å². The number of carbonyl (C=O) groups excluding carboxylic acids is 1. The molecule has 1 heterocycles. The Bertz CT molecular complexity index is 303. The predicted octanol–water partition coefficient (Wildman–Crippen LogP) is 0.0728. The Morgan fingerprint density at radius 2 is 1.95 bits per heavy atom. The summed E-state index contributed by atoms with van der Waals surface area (Å²) in [6.45, 7) is 8.67. The van der Waals surface area contributed by atoms with Crippen LogP contribution < -0.4 is 0 Å². The standard InChI is InChI=1S/C13H24N2O4/c1-11(12(2)16)15(4-3-13(17)18)6-5-14-7-9-19-10-8-14/h11H,3-10H2,1-2H3,(H,17,18). The second kappa shape index (κ2) is 8.24. The number of hydrogen-bond donors (Lipinski definition) is 1. The Morgan fingerprint density at radius 3 is 2.47 bits per heavy atom. The third-order valence-electron chi connectivity index (χ3n) is 3.56. The fraction of sp³-hybridized carbons (Fsp3) is 0.846. The number of carbonyl (C=O) groups is 2. The summed E-state index contributed by atoms with van der Waals surface area (Å²) >= 11 is 0. The first kappa shape index (κ1) is 16.1. The molecule has 0 aromatic rings. The number of Topliss-reactive ketones (excluding diaryl/α,β-unsaturated/α-hetero) is 1. The summed E-state index contributed by atoms with van der Waals surface area (Å²) in [6, 6.07) is -0.222. The van der Waals surface area contributed by atoms with Gasteiger partial charge in [-0.15, -0.1) is 0 Å². The number of carboxylic acid groups (broad SMARTS) is 1. The molecule has 1 unspecified atom stereocenters. The van der Waals surface area contributed by atoms with Gasteiger partial charge in [-0.25, -0.2) is 0 Å². The number of aliphatic carboxylic acids is 1. The third-order valence-corrected chi connectivity index (χ3v) is 3.56. The van der Waals surface area contributed by atoms with Crippen LogP contribution in [0.25, 0.3) is 0 Å². The van der Waals surface area contributed by atoms with Gasteiger partial charge in [0.25, 0.3) is 0 Å². The molecule has 6 nitrogen and oxygen atoms in total. The quantitative estimate of drug-likeness (QED) is 0.674. The van der Waals surface area contributed by atoms with Gasteiger partial charge in [0, 0.05) is 32.7 Å². The number of rotatable bonds is 8. The van der Waals surface area contributed by atoms with Crippen LogP contribution in [0.15, 0.2) is 0 Å². The highest BCUT2D eigenvalue weighted by Crippen LogP contribution is 2.04. The van der Waals surface area contributed by atoms with Crippen LogP contribution in [0.1, 0.15) is 20.3 Å². The van der Waals surface area contributed by atoms with Gasteiger partial charge in [-0.05, 0) is 13.8 Å². The van der Waals surface area contributed by atoms with Crippen molar-refractivity contribution in [1.82, 2.24) is 9.80 Å². The first-order valence-corrected chi connectivity index (χ1v) is 6.77. The molecule has 6 heteroatoms. The second-order valence-electron chi connectivity index (χ2n) is 4.92. The van der Waals surface area contributed by atoms with Crippen LogP contribution in [0.3, 0.4) is 0 Å². The monoisotopic (exact) mass is 272 g/mol. The topological polar surface area (TPSA) is 70.1 Å². The summed E-state index contributed by atoms with van der Waals surface area (Å²) in [6.07, 6.45) is 0.0702. The molecular weight excluding hydrogens is 248 g/mol. The van der Waals surface area contributed by atoms with Gasteiger partial charge in [0.05, 0.1) is 25.7 Å². The Hall–Kier alpha value is -0.980. The summed E-state index contributed by atoms with van der Waals surface area (Å²) in [5.41, 5.74) is 0. The molecule has 1 aliphatic heterocycles. The van der Waals surface area contributed by atoms with E-state index in [4.69, 9.17) is 9.84 Å². The van der Waals surface area contributed by atoms with Gasteiger partial charge in [0.2, 0.25) is 0 Å².